The summed E-state index contributed by atoms with van der Waals surface area (Å²) in [5, 5.41) is 3.21. The average molecular weight is 222 g/mol. The van der Waals surface area contributed by atoms with Gasteiger partial charge < -0.3 is 14.8 Å². The second-order valence-corrected chi connectivity index (χ2v) is 4.34. The number of aryl methyl sites for hydroxylation is 1. The van der Waals surface area contributed by atoms with Crippen LogP contribution in [-0.4, -0.2) is 40.5 Å². The van der Waals surface area contributed by atoms with Crippen LogP contribution in [-0.2, 0) is 18.4 Å². The van der Waals surface area contributed by atoms with Crippen molar-refractivity contribution in [3.8, 4) is 0 Å². The molecule has 2 heterocycles. The van der Waals surface area contributed by atoms with Crippen LogP contribution in [0.25, 0.3) is 0 Å². The topological polar surface area (TPSA) is 50.2 Å². The van der Waals surface area contributed by atoms with E-state index < -0.39 is 0 Å². The van der Waals surface area contributed by atoms with Crippen molar-refractivity contribution in [2.75, 3.05) is 20.1 Å². The summed E-state index contributed by atoms with van der Waals surface area (Å²) in [5.74, 6) is 1.28. The number of carbonyl (C=O) groups is 1. The van der Waals surface area contributed by atoms with Crippen LogP contribution in [0.1, 0.15) is 12.2 Å². The summed E-state index contributed by atoms with van der Waals surface area (Å²) in [6.07, 6.45) is 4.60. The lowest BCUT2D eigenvalue weighted by Gasteiger charge is -2.20. The molecule has 0 saturated carbocycles. The van der Waals surface area contributed by atoms with E-state index in [4.69, 9.17) is 0 Å². The zero-order chi connectivity index (χ0) is 11.5. The van der Waals surface area contributed by atoms with Gasteiger partial charge in [-0.3, -0.25) is 4.79 Å². The van der Waals surface area contributed by atoms with Gasteiger partial charge in [-0.05, 0) is 13.0 Å². The van der Waals surface area contributed by atoms with Gasteiger partial charge in [0, 0.05) is 33.0 Å². The van der Waals surface area contributed by atoms with Gasteiger partial charge in [0.2, 0.25) is 5.91 Å². The normalized spacial score (nSPS) is 20.0. The number of imidazole rings is 1. The predicted molar refractivity (Wildman–Crippen MR) is 60.7 cm³/mol. The summed E-state index contributed by atoms with van der Waals surface area (Å²) >= 11 is 0. The first-order valence-electron chi connectivity index (χ1n) is 5.60. The molecule has 1 N–H and O–H groups in total. The largest absolute Gasteiger partial charge is 0.338 e. The molecule has 1 fully saturated rings. The van der Waals surface area contributed by atoms with Gasteiger partial charge in [-0.2, -0.15) is 0 Å². The lowest BCUT2D eigenvalue weighted by molar-refractivity contribution is -0.134. The van der Waals surface area contributed by atoms with Crippen molar-refractivity contribution >= 4 is 5.91 Å². The van der Waals surface area contributed by atoms with Gasteiger partial charge in [0.1, 0.15) is 5.82 Å². The number of nitrogens with one attached hydrogen (secondary N) is 1. The average Bonchev–Trinajstić information content (AvgIpc) is 2.89. The molecule has 0 spiro atoms. The third kappa shape index (κ3) is 2.24. The van der Waals surface area contributed by atoms with Gasteiger partial charge in [-0.25, -0.2) is 4.98 Å². The molecule has 1 aliphatic rings. The highest BCUT2D eigenvalue weighted by molar-refractivity contribution is 5.79. The van der Waals surface area contributed by atoms with Crippen LogP contribution >= 0.6 is 0 Å². The Hall–Kier alpha value is -1.36. The predicted octanol–water partition coefficient (Wildman–Crippen LogP) is -0.0120. The van der Waals surface area contributed by atoms with Crippen molar-refractivity contribution in [1.29, 1.82) is 0 Å². The number of carbonyl (C=O) groups excluding carboxylic acids is 1. The van der Waals surface area contributed by atoms with E-state index in [1.165, 1.54) is 0 Å². The van der Waals surface area contributed by atoms with E-state index in [1.807, 2.05) is 24.9 Å². The minimum absolute atomic E-state index is 0.144. The highest BCUT2D eigenvalue weighted by atomic mass is 16.2. The molecule has 0 aromatic carbocycles. The SMILES string of the molecule is CN(Cc1nccn1C)C(=O)C1CCNC1. The van der Waals surface area contributed by atoms with E-state index in [0.29, 0.717) is 6.54 Å². The molecule has 2 rings (SSSR count). The maximum Gasteiger partial charge on any atom is 0.227 e. The number of hydrogen-bond donors (Lipinski definition) is 1. The first kappa shape index (κ1) is 11.1. The second kappa shape index (κ2) is 4.65. The van der Waals surface area contributed by atoms with Crippen LogP contribution in [0.15, 0.2) is 12.4 Å². The molecule has 5 heteroatoms. The Labute approximate surface area is 95.5 Å². The standard InChI is InChI=1S/C11H18N4O/c1-14-6-5-13-10(14)8-15(2)11(16)9-3-4-12-7-9/h5-6,9,12H,3-4,7-8H2,1-2H3. The fourth-order valence-electron chi connectivity index (χ4n) is 2.02. The molecule has 88 valence electrons. The van der Waals surface area contributed by atoms with Crippen molar-refractivity contribution in [1.82, 2.24) is 19.8 Å². The zero-order valence-corrected chi connectivity index (χ0v) is 9.81. The monoisotopic (exact) mass is 222 g/mol. The van der Waals surface area contributed by atoms with Crippen LogP contribution in [0.3, 0.4) is 0 Å². The van der Waals surface area contributed by atoms with Gasteiger partial charge in [0.25, 0.3) is 0 Å². The molecule has 1 unspecified atom stereocenters. The summed E-state index contributed by atoms with van der Waals surface area (Å²) in [6, 6.07) is 0. The molecule has 16 heavy (non-hydrogen) atoms. The molecular weight excluding hydrogens is 204 g/mol. The summed E-state index contributed by atoms with van der Waals surface area (Å²) in [5.41, 5.74) is 0. The highest BCUT2D eigenvalue weighted by Gasteiger charge is 2.25. The molecule has 1 saturated heterocycles. The van der Waals surface area contributed by atoms with Crippen molar-refractivity contribution in [3.05, 3.63) is 18.2 Å². The van der Waals surface area contributed by atoms with Gasteiger partial charge in [0.15, 0.2) is 0 Å². The first-order valence-corrected chi connectivity index (χ1v) is 5.60. The minimum Gasteiger partial charge on any atom is -0.338 e. The van der Waals surface area contributed by atoms with E-state index in [-0.39, 0.29) is 11.8 Å². The molecule has 1 amide bonds. The third-order valence-corrected chi connectivity index (χ3v) is 3.09. The third-order valence-electron chi connectivity index (χ3n) is 3.09. The van der Waals surface area contributed by atoms with E-state index in [0.717, 1.165) is 25.3 Å². The van der Waals surface area contributed by atoms with Gasteiger partial charge in [0.05, 0.1) is 12.5 Å². The molecular formula is C11H18N4O. The number of nitrogens with zero attached hydrogens (tertiary/aromatic N) is 3. The minimum atomic E-state index is 0.144. The molecule has 5 nitrogen and oxygen atoms in total. The zero-order valence-electron chi connectivity index (χ0n) is 9.81. The lowest BCUT2D eigenvalue weighted by Crippen LogP contribution is -2.34. The molecule has 1 aliphatic heterocycles. The molecule has 1 atom stereocenters. The summed E-state index contributed by atoms with van der Waals surface area (Å²) in [7, 11) is 3.78. The van der Waals surface area contributed by atoms with E-state index >= 15 is 0 Å². The Morgan fingerprint density at radius 2 is 2.56 bits per heavy atom. The summed E-state index contributed by atoms with van der Waals surface area (Å²) in [6.45, 7) is 2.34. The molecule has 0 aliphatic carbocycles. The fraction of sp³-hybridized carbons (Fsp3) is 0.636. The van der Waals surface area contributed by atoms with Crippen molar-refractivity contribution in [2.45, 2.75) is 13.0 Å². The van der Waals surface area contributed by atoms with Crippen LogP contribution in [0.5, 0.6) is 0 Å². The number of rotatable bonds is 3. The summed E-state index contributed by atoms with van der Waals surface area (Å²) in [4.78, 5) is 18.0. The lowest BCUT2D eigenvalue weighted by atomic mass is 10.1. The number of aromatic nitrogens is 2. The van der Waals surface area contributed by atoms with Crippen LogP contribution in [0.4, 0.5) is 0 Å². The van der Waals surface area contributed by atoms with Gasteiger partial charge in [-0.1, -0.05) is 0 Å². The Kier molecular flexibility index (Phi) is 3.24. The van der Waals surface area contributed by atoms with E-state index in [9.17, 15) is 4.79 Å². The summed E-state index contributed by atoms with van der Waals surface area (Å²) < 4.78 is 1.94. The fourth-order valence-corrected chi connectivity index (χ4v) is 2.02. The van der Waals surface area contributed by atoms with Crippen LogP contribution in [0, 0.1) is 5.92 Å². The van der Waals surface area contributed by atoms with E-state index in [2.05, 4.69) is 10.3 Å². The molecule has 1 aromatic heterocycles. The number of hydrogen-bond acceptors (Lipinski definition) is 3. The second-order valence-electron chi connectivity index (χ2n) is 4.34. The molecule has 0 bridgehead atoms. The van der Waals surface area contributed by atoms with Crippen molar-refractivity contribution in [3.63, 3.8) is 0 Å². The molecule has 0 radical (unpaired) electrons. The smallest absolute Gasteiger partial charge is 0.227 e. The van der Waals surface area contributed by atoms with Crippen LogP contribution < -0.4 is 5.32 Å². The van der Waals surface area contributed by atoms with Crippen molar-refractivity contribution in [2.24, 2.45) is 13.0 Å². The Balaban J connectivity index is 1.94. The number of amides is 1. The van der Waals surface area contributed by atoms with E-state index in [1.54, 1.807) is 11.1 Å². The van der Waals surface area contributed by atoms with Crippen LogP contribution in [0.2, 0.25) is 0 Å². The van der Waals surface area contributed by atoms with Gasteiger partial charge >= 0.3 is 0 Å². The Bertz CT molecular complexity index is 368. The molecule has 1 aromatic rings. The highest BCUT2D eigenvalue weighted by Crippen LogP contribution is 2.12. The maximum absolute atomic E-state index is 12.0. The van der Waals surface area contributed by atoms with Gasteiger partial charge in [-0.15, -0.1) is 0 Å². The maximum atomic E-state index is 12.0. The Morgan fingerprint density at radius 3 is 3.12 bits per heavy atom. The van der Waals surface area contributed by atoms with Crippen molar-refractivity contribution < 1.29 is 4.79 Å². The Morgan fingerprint density at radius 1 is 1.75 bits per heavy atom. The quantitative estimate of drug-likeness (QED) is 0.782. The first-order chi connectivity index (χ1) is 7.68.